The predicted molar refractivity (Wildman–Crippen MR) is 107 cm³/mol. The lowest BCUT2D eigenvalue weighted by molar-refractivity contribution is 0.0968. The minimum absolute atomic E-state index is 0.0439. The van der Waals surface area contributed by atoms with Gasteiger partial charge in [-0.3, -0.25) is 4.79 Å². The zero-order chi connectivity index (χ0) is 19.3. The van der Waals surface area contributed by atoms with Crippen LogP contribution in [-0.2, 0) is 9.84 Å². The highest BCUT2D eigenvalue weighted by Gasteiger charge is 2.23. The van der Waals surface area contributed by atoms with Crippen LogP contribution in [0.25, 0.3) is 6.08 Å². The van der Waals surface area contributed by atoms with Gasteiger partial charge in [0.25, 0.3) is 5.91 Å². The van der Waals surface area contributed by atoms with E-state index < -0.39 is 15.7 Å². The molecule has 0 atom stereocenters. The first-order chi connectivity index (χ1) is 13.0. The van der Waals surface area contributed by atoms with E-state index in [4.69, 9.17) is 11.6 Å². The zero-order valence-corrected chi connectivity index (χ0v) is 15.7. The molecule has 3 aromatic carbocycles. The monoisotopic (exact) mass is 397 g/mol. The van der Waals surface area contributed by atoms with Crippen LogP contribution in [0.4, 0.5) is 0 Å². The van der Waals surface area contributed by atoms with Gasteiger partial charge in [0.05, 0.1) is 4.90 Å². The molecular formula is C21H16ClNO3S. The zero-order valence-electron chi connectivity index (χ0n) is 14.2. The summed E-state index contributed by atoms with van der Waals surface area (Å²) in [6.07, 6.45) is 1.44. The lowest BCUT2D eigenvalue weighted by atomic mass is 10.2. The van der Waals surface area contributed by atoms with Crippen molar-refractivity contribution >= 4 is 33.4 Å². The van der Waals surface area contributed by atoms with Crippen LogP contribution < -0.4 is 5.32 Å². The first kappa shape index (κ1) is 18.9. The standard InChI is InChI=1S/C21H16ClNO3S/c22-18-11-13-19(14-12-18)27(25,26)20(15-16-7-3-1-4-8-16)23-21(24)17-9-5-2-6-10-17/h1-15H,(H,23,24)/b20-15+. The molecule has 1 amide bonds. The highest BCUT2D eigenvalue weighted by molar-refractivity contribution is 7.95. The number of amides is 1. The summed E-state index contributed by atoms with van der Waals surface area (Å²) in [6.45, 7) is 0. The largest absolute Gasteiger partial charge is 0.312 e. The second kappa shape index (κ2) is 8.20. The number of hydrogen-bond donors (Lipinski definition) is 1. The van der Waals surface area contributed by atoms with E-state index >= 15 is 0 Å². The summed E-state index contributed by atoms with van der Waals surface area (Å²) in [5.74, 6) is -0.504. The molecule has 0 fully saturated rings. The van der Waals surface area contributed by atoms with Gasteiger partial charge in [-0.25, -0.2) is 8.42 Å². The van der Waals surface area contributed by atoms with E-state index in [9.17, 15) is 13.2 Å². The molecule has 27 heavy (non-hydrogen) atoms. The molecule has 0 saturated carbocycles. The van der Waals surface area contributed by atoms with Gasteiger partial charge in [0.1, 0.15) is 5.03 Å². The van der Waals surface area contributed by atoms with E-state index in [-0.39, 0.29) is 9.92 Å². The van der Waals surface area contributed by atoms with E-state index in [0.717, 1.165) is 0 Å². The Morgan fingerprint density at radius 3 is 1.96 bits per heavy atom. The molecule has 0 radical (unpaired) electrons. The molecule has 0 aliphatic heterocycles. The summed E-state index contributed by atoms with van der Waals surface area (Å²) < 4.78 is 26.2. The highest BCUT2D eigenvalue weighted by atomic mass is 35.5. The van der Waals surface area contributed by atoms with Crippen LogP contribution in [0.5, 0.6) is 0 Å². The van der Waals surface area contributed by atoms with Crippen LogP contribution in [-0.4, -0.2) is 14.3 Å². The van der Waals surface area contributed by atoms with Gasteiger partial charge < -0.3 is 5.32 Å². The topological polar surface area (TPSA) is 63.2 Å². The van der Waals surface area contributed by atoms with Crippen LogP contribution in [0.3, 0.4) is 0 Å². The molecule has 0 aromatic heterocycles. The third-order valence-electron chi connectivity index (χ3n) is 3.78. The third kappa shape index (κ3) is 4.64. The van der Waals surface area contributed by atoms with Crippen LogP contribution >= 0.6 is 11.6 Å². The number of benzene rings is 3. The normalized spacial score (nSPS) is 11.8. The lowest BCUT2D eigenvalue weighted by Crippen LogP contribution is -2.27. The van der Waals surface area contributed by atoms with Crippen molar-refractivity contribution in [3.8, 4) is 0 Å². The predicted octanol–water partition coefficient (Wildman–Crippen LogP) is 4.54. The average molecular weight is 398 g/mol. The molecule has 3 aromatic rings. The molecular weight excluding hydrogens is 382 g/mol. The molecule has 0 saturated heterocycles. The number of sulfone groups is 1. The van der Waals surface area contributed by atoms with Gasteiger partial charge in [0.15, 0.2) is 0 Å². The molecule has 4 nitrogen and oxygen atoms in total. The number of carbonyl (C=O) groups is 1. The van der Waals surface area contributed by atoms with E-state index in [2.05, 4.69) is 5.32 Å². The molecule has 0 aliphatic carbocycles. The number of carbonyl (C=O) groups excluding carboxylic acids is 1. The van der Waals surface area contributed by atoms with Crippen LogP contribution in [0.1, 0.15) is 15.9 Å². The summed E-state index contributed by atoms with van der Waals surface area (Å²) in [5.41, 5.74) is 1.01. The molecule has 3 rings (SSSR count). The van der Waals surface area contributed by atoms with E-state index in [1.807, 2.05) is 6.07 Å². The Morgan fingerprint density at radius 1 is 0.815 bits per heavy atom. The maximum absolute atomic E-state index is 13.1. The maximum atomic E-state index is 13.1. The van der Waals surface area contributed by atoms with Crippen molar-refractivity contribution in [2.24, 2.45) is 0 Å². The summed E-state index contributed by atoms with van der Waals surface area (Å²) in [4.78, 5) is 12.6. The molecule has 0 bridgehead atoms. The second-order valence-corrected chi connectivity index (χ2v) is 8.05. The number of halogens is 1. The fraction of sp³-hybridized carbons (Fsp3) is 0. The van der Waals surface area contributed by atoms with Crippen LogP contribution in [0.15, 0.2) is 94.9 Å². The summed E-state index contributed by atoms with van der Waals surface area (Å²) >= 11 is 5.86. The number of rotatable bonds is 5. The molecule has 136 valence electrons. The first-order valence-electron chi connectivity index (χ1n) is 8.10. The van der Waals surface area contributed by atoms with Crippen molar-refractivity contribution in [2.45, 2.75) is 4.90 Å². The number of nitrogens with one attached hydrogen (secondary N) is 1. The van der Waals surface area contributed by atoms with Crippen molar-refractivity contribution in [1.29, 1.82) is 0 Å². The second-order valence-electron chi connectivity index (χ2n) is 5.70. The fourth-order valence-corrected chi connectivity index (χ4v) is 3.79. The van der Waals surface area contributed by atoms with Crippen molar-refractivity contribution in [2.75, 3.05) is 0 Å². The summed E-state index contributed by atoms with van der Waals surface area (Å²) in [6, 6.07) is 23.2. The number of hydrogen-bond acceptors (Lipinski definition) is 3. The van der Waals surface area contributed by atoms with Gasteiger partial charge in [0, 0.05) is 10.6 Å². The Labute approximate surface area is 163 Å². The lowest BCUT2D eigenvalue weighted by Gasteiger charge is -2.12. The van der Waals surface area contributed by atoms with Gasteiger partial charge in [-0.15, -0.1) is 0 Å². The Kier molecular flexibility index (Phi) is 5.74. The molecule has 0 heterocycles. The Bertz CT molecular complexity index is 1060. The smallest absolute Gasteiger partial charge is 0.256 e. The Morgan fingerprint density at radius 2 is 1.37 bits per heavy atom. The van der Waals surface area contributed by atoms with Crippen molar-refractivity contribution in [1.82, 2.24) is 5.32 Å². The van der Waals surface area contributed by atoms with E-state index in [1.54, 1.807) is 54.6 Å². The minimum Gasteiger partial charge on any atom is -0.312 e. The Balaban J connectivity index is 2.03. The van der Waals surface area contributed by atoms with Crippen LogP contribution in [0.2, 0.25) is 5.02 Å². The molecule has 0 unspecified atom stereocenters. The quantitative estimate of drug-likeness (QED) is 0.687. The summed E-state index contributed by atoms with van der Waals surface area (Å²) in [5, 5.41) is 2.76. The van der Waals surface area contributed by atoms with Gasteiger partial charge in [0.2, 0.25) is 9.84 Å². The minimum atomic E-state index is -3.95. The first-order valence-corrected chi connectivity index (χ1v) is 9.97. The van der Waals surface area contributed by atoms with E-state index in [0.29, 0.717) is 16.1 Å². The van der Waals surface area contributed by atoms with Crippen molar-refractivity contribution < 1.29 is 13.2 Å². The van der Waals surface area contributed by atoms with Crippen LogP contribution in [0, 0.1) is 0 Å². The Hall–Kier alpha value is -2.89. The van der Waals surface area contributed by atoms with Crippen molar-refractivity contribution in [3.63, 3.8) is 0 Å². The van der Waals surface area contributed by atoms with Gasteiger partial charge in [-0.1, -0.05) is 60.1 Å². The third-order valence-corrected chi connectivity index (χ3v) is 5.73. The fourth-order valence-electron chi connectivity index (χ4n) is 2.40. The van der Waals surface area contributed by atoms with Gasteiger partial charge in [-0.05, 0) is 48.0 Å². The van der Waals surface area contributed by atoms with Crippen molar-refractivity contribution in [3.05, 3.63) is 106 Å². The average Bonchev–Trinajstić information content (AvgIpc) is 2.69. The van der Waals surface area contributed by atoms with Gasteiger partial charge in [-0.2, -0.15) is 0 Å². The molecule has 0 aliphatic rings. The molecule has 1 N–H and O–H groups in total. The maximum Gasteiger partial charge on any atom is 0.256 e. The molecule has 0 spiro atoms. The molecule has 6 heteroatoms. The highest BCUT2D eigenvalue weighted by Crippen LogP contribution is 2.22. The SMILES string of the molecule is O=C(N/C(=C\c1ccccc1)S(=O)(=O)c1ccc(Cl)cc1)c1ccccc1. The van der Waals surface area contributed by atoms with Gasteiger partial charge >= 0.3 is 0 Å². The van der Waals surface area contributed by atoms with E-state index in [1.165, 1.54) is 30.3 Å². The summed E-state index contributed by atoms with van der Waals surface area (Å²) in [7, 11) is -3.95.